The van der Waals surface area contributed by atoms with Crippen molar-refractivity contribution < 1.29 is 0 Å². The van der Waals surface area contributed by atoms with Gasteiger partial charge in [0.15, 0.2) is 0 Å². The van der Waals surface area contributed by atoms with E-state index in [-0.39, 0.29) is 5.78 Å². The Hall–Kier alpha value is -6.54. The van der Waals surface area contributed by atoms with E-state index >= 15 is 0 Å². The maximum atomic E-state index is 5.60. The average molecular weight is 780 g/mol. The summed E-state index contributed by atoms with van der Waals surface area (Å²) in [6.07, 6.45) is 8.78. The Morgan fingerprint density at radius 1 is 0.610 bits per heavy atom. The van der Waals surface area contributed by atoms with Gasteiger partial charge >= 0.3 is 0 Å². The fourth-order valence-electron chi connectivity index (χ4n) is 7.99. The second-order valence-corrected chi connectivity index (χ2v) is 16.6. The number of fused-ring (bicyclic) bond motifs is 1. The summed E-state index contributed by atoms with van der Waals surface area (Å²) in [4.78, 5) is 16.7. The van der Waals surface area contributed by atoms with Crippen molar-refractivity contribution in [3.63, 3.8) is 0 Å². The Morgan fingerprint density at radius 3 is 1.86 bits per heavy atom. The first-order valence-electron chi connectivity index (χ1n) is 20.5. The molecule has 0 amide bonds. The molecular weight excluding hydrogens is 734 g/mol. The lowest BCUT2D eigenvalue weighted by molar-refractivity contribution is 0.738. The van der Waals surface area contributed by atoms with Crippen molar-refractivity contribution >= 4 is 30.6 Å². The van der Waals surface area contributed by atoms with Crippen LogP contribution in [0.15, 0.2) is 205 Å². The van der Waals surface area contributed by atoms with Crippen LogP contribution in [0.1, 0.15) is 48.4 Å². The SMILES string of the molecule is CC(=NC(PCc1ccccc1)c1ccccc1)c1ccc2ccccc2c1-c1cccc(-c2nc(-c3ccccc3)c(-c3ccccc3)nc2C2=CCC(C)C=C2)c1. The van der Waals surface area contributed by atoms with E-state index in [2.05, 4.69) is 214 Å². The molecule has 1 heterocycles. The minimum atomic E-state index is 0.0407. The summed E-state index contributed by atoms with van der Waals surface area (Å²) in [6, 6.07) is 64.5. The lowest BCUT2D eigenvalue weighted by atomic mass is 9.89. The maximum Gasteiger partial charge on any atom is 0.0973 e. The molecule has 1 aliphatic rings. The molecule has 0 spiro atoms. The third-order valence-electron chi connectivity index (χ3n) is 11.1. The summed E-state index contributed by atoms with van der Waals surface area (Å²) < 4.78 is 0. The number of nitrogens with zero attached hydrogens (tertiary/aromatic N) is 3. The molecule has 0 saturated carbocycles. The van der Waals surface area contributed by atoms with Gasteiger partial charge in [-0.1, -0.05) is 210 Å². The monoisotopic (exact) mass is 779 g/mol. The first-order valence-corrected chi connectivity index (χ1v) is 21.8. The highest BCUT2D eigenvalue weighted by molar-refractivity contribution is 7.37. The number of hydrogen-bond acceptors (Lipinski definition) is 3. The number of rotatable bonds is 11. The van der Waals surface area contributed by atoms with Gasteiger partial charge in [-0.2, -0.15) is 0 Å². The van der Waals surface area contributed by atoms with Gasteiger partial charge in [0.05, 0.1) is 28.6 Å². The highest BCUT2D eigenvalue weighted by Crippen LogP contribution is 2.42. The van der Waals surface area contributed by atoms with E-state index in [4.69, 9.17) is 15.0 Å². The van der Waals surface area contributed by atoms with Crippen LogP contribution in [0, 0.1) is 5.92 Å². The lowest BCUT2D eigenvalue weighted by Gasteiger charge is -2.20. The van der Waals surface area contributed by atoms with Gasteiger partial charge in [0.25, 0.3) is 0 Å². The van der Waals surface area contributed by atoms with Crippen LogP contribution in [0.4, 0.5) is 0 Å². The third kappa shape index (κ3) is 8.39. The molecule has 7 aromatic carbocycles. The van der Waals surface area contributed by atoms with Crippen LogP contribution in [-0.4, -0.2) is 15.7 Å². The Labute approximate surface area is 349 Å². The van der Waals surface area contributed by atoms with E-state index in [0.29, 0.717) is 14.5 Å². The molecular formula is C55H46N3P. The fourth-order valence-corrected chi connectivity index (χ4v) is 9.37. The molecule has 9 rings (SSSR count). The van der Waals surface area contributed by atoms with Gasteiger partial charge in [0.1, 0.15) is 0 Å². The highest BCUT2D eigenvalue weighted by atomic mass is 31.1. The zero-order chi connectivity index (χ0) is 40.0. The standard InChI is InChI=1S/C55H46N3P/c1-38-30-32-44(33-31-38)53-54(58-52(43-23-11-5-12-24-43)51(57-53)42-21-9-4-10-22-42)47-28-17-27-46(36-47)50-48(35-34-41-20-15-16-29-49(41)50)39(2)56-55(45-25-13-6-14-26-45)59-37-40-18-7-3-8-19-40/h3-30,32-36,38,55,59H,31,37H2,1-2H3. The summed E-state index contributed by atoms with van der Waals surface area (Å²) in [7, 11) is 0.599. The van der Waals surface area contributed by atoms with Gasteiger partial charge in [0.2, 0.25) is 0 Å². The lowest BCUT2D eigenvalue weighted by Crippen LogP contribution is -2.05. The van der Waals surface area contributed by atoms with Crippen molar-refractivity contribution in [3.8, 4) is 44.9 Å². The molecule has 0 bridgehead atoms. The topological polar surface area (TPSA) is 38.1 Å². The first-order chi connectivity index (χ1) is 29.1. The highest BCUT2D eigenvalue weighted by Gasteiger charge is 2.22. The summed E-state index contributed by atoms with van der Waals surface area (Å²) in [5, 5.41) is 2.39. The fraction of sp³-hybridized carbons (Fsp3) is 0.109. The maximum absolute atomic E-state index is 5.60. The van der Waals surface area contributed by atoms with Crippen molar-refractivity contribution in [2.24, 2.45) is 10.9 Å². The predicted octanol–water partition coefficient (Wildman–Crippen LogP) is 14.7. The molecule has 0 radical (unpaired) electrons. The van der Waals surface area contributed by atoms with Crippen molar-refractivity contribution in [2.45, 2.75) is 32.2 Å². The summed E-state index contributed by atoms with van der Waals surface area (Å²) in [6.45, 7) is 4.44. The molecule has 4 heteroatoms. The Bertz CT molecular complexity index is 2810. The predicted molar refractivity (Wildman–Crippen MR) is 252 cm³/mol. The molecule has 286 valence electrons. The average Bonchev–Trinajstić information content (AvgIpc) is 3.31. The quantitative estimate of drug-likeness (QED) is 0.0969. The van der Waals surface area contributed by atoms with Gasteiger partial charge in [-0.25, -0.2) is 9.97 Å². The Kier molecular flexibility index (Phi) is 11.3. The molecule has 3 atom stereocenters. The van der Waals surface area contributed by atoms with E-state index < -0.39 is 0 Å². The van der Waals surface area contributed by atoms with Crippen molar-refractivity contribution in [1.82, 2.24) is 9.97 Å². The number of benzene rings is 7. The number of allylic oxidation sites excluding steroid dienone is 4. The normalized spacial score (nSPS) is 14.8. The summed E-state index contributed by atoms with van der Waals surface area (Å²) in [5.74, 6) is 0.518. The molecule has 3 unspecified atom stereocenters. The van der Waals surface area contributed by atoms with Crippen molar-refractivity contribution in [3.05, 3.63) is 223 Å². The zero-order valence-corrected chi connectivity index (χ0v) is 34.5. The van der Waals surface area contributed by atoms with Crippen molar-refractivity contribution in [1.29, 1.82) is 0 Å². The molecule has 1 aromatic heterocycles. The number of aliphatic imine (C=N–C) groups is 1. The molecule has 0 N–H and O–H groups in total. The van der Waals surface area contributed by atoms with Gasteiger partial charge < -0.3 is 0 Å². The van der Waals surface area contributed by atoms with Crippen LogP contribution in [0.2, 0.25) is 0 Å². The second-order valence-electron chi connectivity index (χ2n) is 15.3. The van der Waals surface area contributed by atoms with Gasteiger partial charge in [-0.3, -0.25) is 4.99 Å². The van der Waals surface area contributed by atoms with Gasteiger partial charge in [-0.05, 0) is 70.1 Å². The molecule has 1 aliphatic carbocycles. The summed E-state index contributed by atoms with van der Waals surface area (Å²) in [5.41, 5.74) is 14.7. The van der Waals surface area contributed by atoms with Crippen LogP contribution in [-0.2, 0) is 6.16 Å². The Balaban J connectivity index is 1.21. The first kappa shape index (κ1) is 38.0. The smallest absolute Gasteiger partial charge is 0.0973 e. The molecule has 3 nitrogen and oxygen atoms in total. The van der Waals surface area contributed by atoms with E-state index in [0.717, 1.165) is 74.5 Å². The minimum Gasteiger partial charge on any atom is -0.277 e. The van der Waals surface area contributed by atoms with Crippen LogP contribution < -0.4 is 0 Å². The van der Waals surface area contributed by atoms with E-state index in [1.54, 1.807) is 0 Å². The van der Waals surface area contributed by atoms with Gasteiger partial charge in [0, 0.05) is 28.0 Å². The van der Waals surface area contributed by atoms with Gasteiger partial charge in [-0.15, -0.1) is 0 Å². The molecule has 0 saturated heterocycles. The zero-order valence-electron chi connectivity index (χ0n) is 33.5. The second kappa shape index (κ2) is 17.5. The number of hydrogen-bond donors (Lipinski definition) is 0. The van der Waals surface area contributed by atoms with Crippen LogP contribution in [0.3, 0.4) is 0 Å². The van der Waals surface area contributed by atoms with Crippen LogP contribution in [0.5, 0.6) is 0 Å². The number of aromatic nitrogens is 2. The van der Waals surface area contributed by atoms with E-state index in [9.17, 15) is 0 Å². The van der Waals surface area contributed by atoms with Crippen LogP contribution in [0.25, 0.3) is 61.2 Å². The van der Waals surface area contributed by atoms with Crippen molar-refractivity contribution in [2.75, 3.05) is 0 Å². The summed E-state index contributed by atoms with van der Waals surface area (Å²) >= 11 is 0. The Morgan fingerprint density at radius 2 is 1.19 bits per heavy atom. The molecule has 8 aromatic rings. The molecule has 0 fully saturated rings. The molecule has 0 aliphatic heterocycles. The minimum absolute atomic E-state index is 0.0407. The third-order valence-corrected chi connectivity index (χ3v) is 12.6. The van der Waals surface area contributed by atoms with E-state index in [1.165, 1.54) is 27.5 Å². The van der Waals surface area contributed by atoms with E-state index in [1.807, 2.05) is 0 Å². The molecule has 59 heavy (non-hydrogen) atoms. The van der Waals surface area contributed by atoms with Crippen LogP contribution >= 0.6 is 8.58 Å². The largest absolute Gasteiger partial charge is 0.277 e.